The molecule has 0 unspecified atom stereocenters. The first-order valence-electron chi connectivity index (χ1n) is 3.64. The highest BCUT2D eigenvalue weighted by Crippen LogP contribution is 2.18. The van der Waals surface area contributed by atoms with Crippen LogP contribution in [0.1, 0.15) is 26.5 Å². The van der Waals surface area contributed by atoms with Gasteiger partial charge in [-0.05, 0) is 6.07 Å². The molecule has 1 rings (SSSR count). The highest BCUT2D eigenvalue weighted by Gasteiger charge is 2.16. The number of nitrogens with zero attached hydrogens (tertiary/aromatic N) is 2. The van der Waals surface area contributed by atoms with Crippen LogP contribution in [0.5, 0.6) is 0 Å². The minimum atomic E-state index is -0.546. The second-order valence-corrected chi connectivity index (χ2v) is 3.61. The fourth-order valence-electron chi connectivity index (χ4n) is 0.828. The van der Waals surface area contributed by atoms with E-state index in [2.05, 4.69) is 25.9 Å². The third kappa shape index (κ3) is 1.82. The Morgan fingerprint density at radius 1 is 1.55 bits per heavy atom. The zero-order chi connectivity index (χ0) is 8.48. The van der Waals surface area contributed by atoms with Crippen LogP contribution in [-0.2, 0) is 5.41 Å². The lowest BCUT2D eigenvalue weighted by atomic mass is 9.93. The van der Waals surface area contributed by atoms with Gasteiger partial charge in [0.1, 0.15) is 0 Å². The van der Waals surface area contributed by atoms with Gasteiger partial charge in [0, 0.05) is 11.6 Å². The van der Waals surface area contributed by atoms with Gasteiger partial charge >= 0.3 is 7.69 Å². The minimum absolute atomic E-state index is 0.0143. The van der Waals surface area contributed by atoms with Crippen LogP contribution in [0.3, 0.4) is 0 Å². The van der Waals surface area contributed by atoms with E-state index in [1.165, 1.54) is 4.59 Å². The Hall–Kier alpha value is -0.795. The van der Waals surface area contributed by atoms with E-state index in [0.717, 1.165) is 5.69 Å². The molecule has 1 aromatic rings. The van der Waals surface area contributed by atoms with Crippen molar-refractivity contribution in [1.82, 2.24) is 9.69 Å². The molecule has 60 valence electrons. The predicted octanol–water partition coefficient (Wildman–Crippen LogP) is 1.26. The van der Waals surface area contributed by atoms with E-state index in [1.54, 1.807) is 6.20 Å². The Kier molecular flexibility index (Phi) is 2.02. The van der Waals surface area contributed by atoms with E-state index in [0.29, 0.717) is 0 Å². The lowest BCUT2D eigenvalue weighted by molar-refractivity contribution is 0.562. The standard InChI is InChI=1S/C7H12BFN2/c1-7(2,3)6-4-5-11(8-9)10-6/h4-5,8H,1-3H3. The van der Waals surface area contributed by atoms with Crippen molar-refractivity contribution < 1.29 is 4.32 Å². The van der Waals surface area contributed by atoms with Gasteiger partial charge in [0.05, 0.1) is 5.69 Å². The summed E-state index contributed by atoms with van der Waals surface area (Å²) in [5.74, 6) is 0. The second kappa shape index (κ2) is 2.68. The van der Waals surface area contributed by atoms with E-state index in [-0.39, 0.29) is 5.41 Å². The van der Waals surface area contributed by atoms with Crippen molar-refractivity contribution in [2.45, 2.75) is 26.2 Å². The second-order valence-electron chi connectivity index (χ2n) is 3.61. The number of rotatable bonds is 1. The molecule has 0 saturated heterocycles. The summed E-state index contributed by atoms with van der Waals surface area (Å²) < 4.78 is 13.3. The van der Waals surface area contributed by atoms with Crippen LogP contribution in [0.15, 0.2) is 12.3 Å². The van der Waals surface area contributed by atoms with Crippen molar-refractivity contribution in [2.75, 3.05) is 0 Å². The molecule has 1 aromatic heterocycles. The zero-order valence-corrected chi connectivity index (χ0v) is 7.13. The fraction of sp³-hybridized carbons (Fsp3) is 0.571. The van der Waals surface area contributed by atoms with Crippen molar-refractivity contribution >= 4 is 7.69 Å². The molecule has 1 heterocycles. The Morgan fingerprint density at radius 2 is 2.18 bits per heavy atom. The third-order valence-corrected chi connectivity index (χ3v) is 1.53. The average molecular weight is 154 g/mol. The summed E-state index contributed by atoms with van der Waals surface area (Å²) in [6.07, 6.45) is 1.65. The van der Waals surface area contributed by atoms with Gasteiger partial charge in [-0.25, -0.2) is 0 Å². The minimum Gasteiger partial charge on any atom is -0.305 e. The molecule has 0 N–H and O–H groups in total. The van der Waals surface area contributed by atoms with Crippen molar-refractivity contribution in [3.8, 4) is 0 Å². The maximum absolute atomic E-state index is 12.0. The van der Waals surface area contributed by atoms with E-state index >= 15 is 0 Å². The molecular weight excluding hydrogens is 142 g/mol. The molecular formula is C7H12BFN2. The van der Waals surface area contributed by atoms with Crippen molar-refractivity contribution in [3.63, 3.8) is 0 Å². The number of halogens is 1. The Bertz CT molecular complexity index is 239. The maximum atomic E-state index is 12.0. The number of hydrogen-bond acceptors (Lipinski definition) is 1. The summed E-state index contributed by atoms with van der Waals surface area (Å²) in [5, 5.41) is 4.04. The molecule has 0 aliphatic rings. The predicted molar refractivity (Wildman–Crippen MR) is 44.6 cm³/mol. The summed E-state index contributed by atoms with van der Waals surface area (Å²) in [4.78, 5) is 0. The summed E-state index contributed by atoms with van der Waals surface area (Å²) in [5.41, 5.74) is 0.940. The molecule has 0 aromatic carbocycles. The lowest BCUT2D eigenvalue weighted by Crippen LogP contribution is -2.13. The molecule has 4 heteroatoms. The first-order valence-corrected chi connectivity index (χ1v) is 3.64. The van der Waals surface area contributed by atoms with Crippen LogP contribution in [0.25, 0.3) is 0 Å². The first-order chi connectivity index (χ1) is 5.04. The quantitative estimate of drug-likeness (QED) is 0.556. The van der Waals surface area contributed by atoms with Crippen molar-refractivity contribution in [3.05, 3.63) is 18.0 Å². The molecule has 0 fully saturated rings. The van der Waals surface area contributed by atoms with Gasteiger partial charge in [0.25, 0.3) is 0 Å². The highest BCUT2D eigenvalue weighted by atomic mass is 19.1. The molecule has 0 amide bonds. The van der Waals surface area contributed by atoms with E-state index in [4.69, 9.17) is 0 Å². The summed E-state index contributed by atoms with van der Waals surface area (Å²) in [6.45, 7) is 6.16. The molecule has 0 bridgehead atoms. The van der Waals surface area contributed by atoms with Crippen LogP contribution in [0, 0.1) is 0 Å². The van der Waals surface area contributed by atoms with Crippen LogP contribution >= 0.6 is 0 Å². The van der Waals surface area contributed by atoms with Crippen LogP contribution in [0.2, 0.25) is 0 Å². The molecule has 0 aliphatic heterocycles. The van der Waals surface area contributed by atoms with E-state index in [1.807, 2.05) is 6.07 Å². The zero-order valence-electron chi connectivity index (χ0n) is 7.13. The van der Waals surface area contributed by atoms with Crippen LogP contribution in [-0.4, -0.2) is 17.4 Å². The van der Waals surface area contributed by atoms with Gasteiger partial charge < -0.3 is 4.32 Å². The fourth-order valence-corrected chi connectivity index (χ4v) is 0.828. The highest BCUT2D eigenvalue weighted by molar-refractivity contribution is 6.23. The summed E-state index contributed by atoms with van der Waals surface area (Å²) in [6, 6.07) is 1.85. The molecule has 0 saturated carbocycles. The van der Waals surface area contributed by atoms with Crippen molar-refractivity contribution in [1.29, 1.82) is 0 Å². The summed E-state index contributed by atoms with van der Waals surface area (Å²) in [7, 11) is -0.546. The molecule has 0 spiro atoms. The molecule has 0 radical (unpaired) electrons. The topological polar surface area (TPSA) is 17.8 Å². The van der Waals surface area contributed by atoms with Gasteiger partial charge in [-0.1, -0.05) is 20.8 Å². The van der Waals surface area contributed by atoms with Gasteiger partial charge in [-0.2, -0.15) is 5.10 Å². The first kappa shape index (κ1) is 8.30. The van der Waals surface area contributed by atoms with Gasteiger partial charge in [0.15, 0.2) is 0 Å². The molecule has 11 heavy (non-hydrogen) atoms. The monoisotopic (exact) mass is 154 g/mol. The lowest BCUT2D eigenvalue weighted by Gasteiger charge is -2.13. The average Bonchev–Trinajstić information content (AvgIpc) is 2.32. The normalized spacial score (nSPS) is 11.6. The maximum Gasteiger partial charge on any atom is 0.464 e. The molecule has 0 aliphatic carbocycles. The van der Waals surface area contributed by atoms with Crippen LogP contribution < -0.4 is 0 Å². The number of aromatic nitrogens is 2. The number of hydrogen-bond donors (Lipinski definition) is 0. The van der Waals surface area contributed by atoms with Crippen LogP contribution in [0.4, 0.5) is 4.32 Å². The Morgan fingerprint density at radius 3 is 2.45 bits per heavy atom. The van der Waals surface area contributed by atoms with Gasteiger partial charge in [-0.3, -0.25) is 4.59 Å². The molecule has 2 nitrogen and oxygen atoms in total. The van der Waals surface area contributed by atoms with E-state index < -0.39 is 7.69 Å². The largest absolute Gasteiger partial charge is 0.464 e. The van der Waals surface area contributed by atoms with E-state index in [9.17, 15) is 4.32 Å². The Balaban J connectivity index is 2.89. The van der Waals surface area contributed by atoms with Gasteiger partial charge in [0.2, 0.25) is 0 Å². The summed E-state index contributed by atoms with van der Waals surface area (Å²) >= 11 is 0. The van der Waals surface area contributed by atoms with Crippen molar-refractivity contribution in [2.24, 2.45) is 0 Å². The Labute approximate surface area is 66.7 Å². The molecule has 0 atom stereocenters. The van der Waals surface area contributed by atoms with Gasteiger partial charge in [-0.15, -0.1) is 0 Å². The third-order valence-electron chi connectivity index (χ3n) is 1.53. The SMILES string of the molecule is CC(C)(C)c1ccn(BF)n1. The smallest absolute Gasteiger partial charge is 0.305 e.